The van der Waals surface area contributed by atoms with Gasteiger partial charge in [0.1, 0.15) is 29.2 Å². The second-order valence-corrected chi connectivity index (χ2v) is 14.8. The maximum atomic E-state index is 13.2. The minimum absolute atomic E-state index is 0.167. The van der Waals surface area contributed by atoms with E-state index in [1.54, 1.807) is 25.5 Å². The van der Waals surface area contributed by atoms with Gasteiger partial charge < -0.3 is 28.7 Å². The number of ether oxygens (including phenoxy) is 4. The lowest BCUT2D eigenvalue weighted by molar-refractivity contribution is 0.0730. The highest BCUT2D eigenvalue weighted by Crippen LogP contribution is 2.59. The smallest absolute Gasteiger partial charge is 0.343 e. The summed E-state index contributed by atoms with van der Waals surface area (Å²) in [5, 5.41) is 0. The van der Waals surface area contributed by atoms with E-state index in [4.69, 9.17) is 18.9 Å². The Labute approximate surface area is 324 Å². The molecule has 1 unspecified atom stereocenters. The van der Waals surface area contributed by atoms with Crippen LogP contribution in [0.15, 0.2) is 139 Å². The maximum absolute atomic E-state index is 13.2. The van der Waals surface area contributed by atoms with E-state index in [0.29, 0.717) is 11.3 Å². The molecule has 0 aromatic heterocycles. The lowest BCUT2D eigenvalue weighted by Crippen LogP contribution is -2.46. The zero-order valence-electron chi connectivity index (χ0n) is 31.3. The number of halogens is 1. The Morgan fingerprint density at radius 2 is 1.36 bits per heavy atom. The zero-order chi connectivity index (χ0) is 38.6. The summed E-state index contributed by atoms with van der Waals surface area (Å²) in [6.07, 6.45) is 5.79. The summed E-state index contributed by atoms with van der Waals surface area (Å²) in [4.78, 5) is 30.0. The number of esters is 2. The molecular formula is C47H39FN2O6. The predicted molar refractivity (Wildman–Crippen MR) is 213 cm³/mol. The van der Waals surface area contributed by atoms with E-state index < -0.39 is 17.8 Å². The first-order chi connectivity index (χ1) is 27.2. The molecule has 2 heterocycles. The molecule has 9 heteroatoms. The number of methoxy groups -OCH3 is 1. The van der Waals surface area contributed by atoms with Gasteiger partial charge in [-0.2, -0.15) is 0 Å². The van der Waals surface area contributed by atoms with Gasteiger partial charge in [0.05, 0.1) is 30.2 Å². The van der Waals surface area contributed by atoms with Crippen molar-refractivity contribution < 1.29 is 32.9 Å². The van der Waals surface area contributed by atoms with Gasteiger partial charge in [0.15, 0.2) is 0 Å². The van der Waals surface area contributed by atoms with Gasteiger partial charge in [-0.25, -0.2) is 14.0 Å². The fraction of sp³-hybridized carbons (Fsp3) is 0.191. The van der Waals surface area contributed by atoms with Gasteiger partial charge in [-0.3, -0.25) is 0 Å². The van der Waals surface area contributed by atoms with Crippen molar-refractivity contribution in [1.29, 1.82) is 0 Å². The summed E-state index contributed by atoms with van der Waals surface area (Å²) < 4.78 is 36.6. The summed E-state index contributed by atoms with van der Waals surface area (Å²) in [6, 6.07) is 31.9. The van der Waals surface area contributed by atoms with E-state index in [1.807, 2.05) is 18.2 Å². The number of anilines is 2. The molecule has 56 heavy (non-hydrogen) atoms. The minimum Gasteiger partial charge on any atom is -0.495 e. The lowest BCUT2D eigenvalue weighted by atomic mass is 9.72. The van der Waals surface area contributed by atoms with Gasteiger partial charge in [-0.05, 0) is 119 Å². The van der Waals surface area contributed by atoms with E-state index in [2.05, 4.69) is 66.1 Å². The molecule has 0 amide bonds. The van der Waals surface area contributed by atoms with Crippen LogP contribution in [-0.2, 0) is 10.2 Å². The second-order valence-electron chi connectivity index (χ2n) is 14.8. The number of nitrogens with zero attached hydrogens (tertiary/aromatic N) is 2. The van der Waals surface area contributed by atoms with Crippen molar-refractivity contribution >= 4 is 28.9 Å². The Kier molecular flexibility index (Phi) is 8.72. The Morgan fingerprint density at radius 3 is 2.02 bits per heavy atom. The van der Waals surface area contributed by atoms with E-state index in [1.165, 1.54) is 81.9 Å². The number of carbonyl (C=O) groups excluding carboxylic acids is 2. The Morgan fingerprint density at radius 1 is 0.750 bits per heavy atom. The van der Waals surface area contributed by atoms with Crippen LogP contribution in [0.4, 0.5) is 15.8 Å². The van der Waals surface area contributed by atoms with Crippen LogP contribution in [0.5, 0.6) is 17.2 Å². The summed E-state index contributed by atoms with van der Waals surface area (Å²) in [5.41, 5.74) is 11.2. The number of carbonyl (C=O) groups is 2. The van der Waals surface area contributed by atoms with Crippen LogP contribution in [0.2, 0.25) is 0 Å². The molecule has 5 aromatic carbocycles. The lowest BCUT2D eigenvalue weighted by Gasteiger charge is -2.39. The topological polar surface area (TPSA) is 77.5 Å². The molecule has 4 aliphatic rings. The molecule has 0 saturated carbocycles. The third kappa shape index (κ3) is 6.09. The molecular weight excluding hydrogens is 708 g/mol. The molecule has 1 atom stereocenters. The molecule has 0 N–H and O–H groups in total. The van der Waals surface area contributed by atoms with Crippen molar-refractivity contribution in [3.8, 4) is 17.2 Å². The largest absolute Gasteiger partial charge is 0.495 e. The van der Waals surface area contributed by atoms with Gasteiger partial charge in [0, 0.05) is 48.4 Å². The summed E-state index contributed by atoms with van der Waals surface area (Å²) in [6.45, 7) is 7.81. The van der Waals surface area contributed by atoms with Crippen molar-refractivity contribution in [2.45, 2.75) is 25.4 Å². The van der Waals surface area contributed by atoms with E-state index >= 15 is 0 Å². The second kappa shape index (κ2) is 13.9. The zero-order valence-corrected chi connectivity index (χ0v) is 31.3. The highest BCUT2D eigenvalue weighted by atomic mass is 19.1. The number of hydrogen-bond donors (Lipinski definition) is 0. The van der Waals surface area contributed by atoms with E-state index in [9.17, 15) is 14.0 Å². The molecule has 0 spiro atoms. The van der Waals surface area contributed by atoms with Crippen LogP contribution in [0.3, 0.4) is 0 Å². The van der Waals surface area contributed by atoms with Crippen molar-refractivity contribution in [3.63, 3.8) is 0 Å². The first-order valence-corrected chi connectivity index (χ1v) is 18.7. The quantitative estimate of drug-likeness (QED) is 0.121. The van der Waals surface area contributed by atoms with Gasteiger partial charge in [-0.15, -0.1) is 0 Å². The molecule has 5 aromatic rings. The molecule has 0 radical (unpaired) electrons. The number of rotatable bonds is 7. The van der Waals surface area contributed by atoms with Crippen molar-refractivity contribution in [3.05, 3.63) is 178 Å². The first kappa shape index (κ1) is 35.1. The highest BCUT2D eigenvalue weighted by Gasteiger charge is 2.46. The standard InChI is InChI=1S/C47H39FN2O6/c1-47(2)39-9-5-4-7-35(39)42-37-27-40(41(53-3)28-38(37)44-36(43(42)47)8-6-26-54-44)50-24-22-49(23-25-50)32-16-20-34(21-17-32)56-46(52)30-12-18-33(19-13-30)55-45(51)29-10-14-31(48)15-11-29/h4-21,26-28,44H,22-25H2,1-3H3. The Bertz CT molecular complexity index is 2460. The van der Waals surface area contributed by atoms with Crippen LogP contribution >= 0.6 is 0 Å². The average Bonchev–Trinajstić information content (AvgIpc) is 3.48. The molecule has 1 saturated heterocycles. The number of piperazine rings is 1. The van der Waals surface area contributed by atoms with E-state index in [-0.39, 0.29) is 22.8 Å². The first-order valence-electron chi connectivity index (χ1n) is 18.7. The maximum Gasteiger partial charge on any atom is 0.343 e. The van der Waals surface area contributed by atoms with Crippen LogP contribution in [-0.4, -0.2) is 45.2 Å². The predicted octanol–water partition coefficient (Wildman–Crippen LogP) is 9.22. The van der Waals surface area contributed by atoms with Crippen molar-refractivity contribution in [2.75, 3.05) is 43.1 Å². The third-order valence-electron chi connectivity index (χ3n) is 11.2. The van der Waals surface area contributed by atoms with Crippen molar-refractivity contribution in [1.82, 2.24) is 0 Å². The van der Waals surface area contributed by atoms with Crippen LogP contribution in [0.25, 0.3) is 5.57 Å². The monoisotopic (exact) mass is 746 g/mol. The van der Waals surface area contributed by atoms with Gasteiger partial charge in [-0.1, -0.05) is 44.2 Å². The Balaban J connectivity index is 0.877. The van der Waals surface area contributed by atoms with Crippen LogP contribution in [0, 0.1) is 5.82 Å². The van der Waals surface area contributed by atoms with E-state index in [0.717, 1.165) is 48.9 Å². The molecule has 2 aliphatic heterocycles. The van der Waals surface area contributed by atoms with Crippen molar-refractivity contribution in [2.24, 2.45) is 0 Å². The average molecular weight is 747 g/mol. The highest BCUT2D eigenvalue weighted by molar-refractivity contribution is 5.97. The molecule has 9 rings (SSSR count). The summed E-state index contributed by atoms with van der Waals surface area (Å²) >= 11 is 0. The van der Waals surface area contributed by atoms with Gasteiger partial charge in [0.2, 0.25) is 0 Å². The molecule has 1 fully saturated rings. The molecule has 0 bridgehead atoms. The van der Waals surface area contributed by atoms with Gasteiger partial charge >= 0.3 is 11.9 Å². The van der Waals surface area contributed by atoms with Crippen LogP contribution in [0.1, 0.15) is 62.9 Å². The number of allylic oxidation sites excluding steroid dienone is 2. The number of fused-ring (bicyclic) bond motifs is 7. The third-order valence-corrected chi connectivity index (χ3v) is 11.2. The fourth-order valence-corrected chi connectivity index (χ4v) is 8.43. The number of benzene rings is 5. The fourth-order valence-electron chi connectivity index (χ4n) is 8.43. The van der Waals surface area contributed by atoms with Crippen LogP contribution < -0.4 is 24.0 Å². The normalized spacial score (nSPS) is 17.5. The van der Waals surface area contributed by atoms with Gasteiger partial charge in [0.25, 0.3) is 0 Å². The minimum atomic E-state index is -0.625. The summed E-state index contributed by atoms with van der Waals surface area (Å²) in [7, 11) is 1.74. The molecule has 2 aliphatic carbocycles. The number of hydrogen-bond acceptors (Lipinski definition) is 8. The molecule has 8 nitrogen and oxygen atoms in total. The summed E-state index contributed by atoms with van der Waals surface area (Å²) in [5.74, 6) is -0.0985. The molecule has 280 valence electrons. The Hall–Kier alpha value is -6.61. The SMILES string of the molecule is COc1cc2c(cc1N1CCN(c3ccc(OC(=O)c4ccc(OC(=O)c5ccc(F)cc5)cc4)cc3)CC1)C1=C(C3=CC=COC32)C(C)(C)c2ccccc21.